The Bertz CT molecular complexity index is 866. The number of aryl methyl sites for hydroxylation is 1. The van der Waals surface area contributed by atoms with Crippen LogP contribution in [0.15, 0.2) is 24.5 Å². The van der Waals surface area contributed by atoms with Gasteiger partial charge in [0.05, 0.1) is 24.8 Å². The van der Waals surface area contributed by atoms with Gasteiger partial charge in [0, 0.05) is 58.4 Å². The number of hydrogen-bond acceptors (Lipinski definition) is 7. The molecule has 9 heteroatoms. The van der Waals surface area contributed by atoms with E-state index in [-0.39, 0.29) is 17.7 Å². The molecule has 0 aliphatic carbocycles. The van der Waals surface area contributed by atoms with Gasteiger partial charge in [0.2, 0.25) is 5.91 Å². The van der Waals surface area contributed by atoms with Gasteiger partial charge in [0.25, 0.3) is 5.91 Å². The average molecular weight is 447 g/mol. The minimum Gasteiger partial charge on any atom is -0.383 e. The van der Waals surface area contributed by atoms with E-state index in [2.05, 4.69) is 9.97 Å². The molecule has 0 radical (unpaired) electrons. The first-order chi connectivity index (χ1) is 15.0. The molecule has 31 heavy (non-hydrogen) atoms. The second-order valence-electron chi connectivity index (χ2n) is 7.58. The van der Waals surface area contributed by atoms with Crippen LogP contribution >= 0.6 is 11.3 Å². The lowest BCUT2D eigenvalue weighted by atomic mass is 9.96. The third-order valence-electron chi connectivity index (χ3n) is 5.40. The van der Waals surface area contributed by atoms with Crippen LogP contribution in [0, 0.1) is 12.8 Å². The minimum absolute atomic E-state index is 0.0528. The van der Waals surface area contributed by atoms with Crippen LogP contribution in [-0.4, -0.2) is 85.2 Å². The normalized spacial score (nSPS) is 16.4. The number of rotatable bonds is 9. The topological polar surface area (TPSA) is 84.9 Å². The first-order valence-corrected chi connectivity index (χ1v) is 11.3. The van der Waals surface area contributed by atoms with Gasteiger partial charge in [0.15, 0.2) is 0 Å². The predicted molar refractivity (Wildman–Crippen MR) is 119 cm³/mol. The number of carbonyl (C=O) groups is 2. The van der Waals surface area contributed by atoms with Crippen molar-refractivity contribution in [2.45, 2.75) is 19.8 Å². The van der Waals surface area contributed by atoms with E-state index in [0.717, 1.165) is 23.4 Å². The molecule has 1 saturated heterocycles. The lowest BCUT2D eigenvalue weighted by molar-refractivity contribution is -0.138. The SMILES string of the molecule is COCCN(CCOC)C(=O)C1CCCN(C(=O)c2sc(-c3cccnc3)nc2C)C1. The van der Waals surface area contributed by atoms with E-state index in [9.17, 15) is 9.59 Å². The van der Waals surface area contributed by atoms with Crippen molar-refractivity contribution in [1.29, 1.82) is 0 Å². The Morgan fingerprint density at radius 1 is 1.26 bits per heavy atom. The predicted octanol–water partition coefficient (Wildman–Crippen LogP) is 2.49. The van der Waals surface area contributed by atoms with Crippen LogP contribution in [-0.2, 0) is 14.3 Å². The molecule has 1 aliphatic heterocycles. The van der Waals surface area contributed by atoms with E-state index < -0.39 is 0 Å². The molecule has 0 bridgehead atoms. The number of carbonyl (C=O) groups excluding carboxylic acids is 2. The van der Waals surface area contributed by atoms with Crippen LogP contribution in [0.2, 0.25) is 0 Å². The fourth-order valence-electron chi connectivity index (χ4n) is 3.71. The minimum atomic E-state index is -0.211. The van der Waals surface area contributed by atoms with Crippen molar-refractivity contribution in [3.8, 4) is 10.6 Å². The van der Waals surface area contributed by atoms with Crippen LogP contribution < -0.4 is 0 Å². The number of nitrogens with zero attached hydrogens (tertiary/aromatic N) is 4. The van der Waals surface area contributed by atoms with Gasteiger partial charge in [-0.2, -0.15) is 0 Å². The molecule has 0 N–H and O–H groups in total. The smallest absolute Gasteiger partial charge is 0.265 e. The molecule has 8 nitrogen and oxygen atoms in total. The number of hydrogen-bond donors (Lipinski definition) is 0. The standard InChI is InChI=1S/C22H30N4O4S/c1-16-19(31-20(24-16)17-6-4-8-23-14-17)22(28)26-9-5-7-18(15-26)21(27)25(10-12-29-2)11-13-30-3/h4,6,8,14,18H,5,7,9-13,15H2,1-3H3. The number of aromatic nitrogens is 2. The number of amides is 2. The first kappa shape index (κ1) is 23.3. The number of thiazole rings is 1. The van der Waals surface area contributed by atoms with Crippen molar-refractivity contribution in [2.24, 2.45) is 5.92 Å². The van der Waals surface area contributed by atoms with Gasteiger partial charge >= 0.3 is 0 Å². The van der Waals surface area contributed by atoms with Crippen LogP contribution in [0.3, 0.4) is 0 Å². The van der Waals surface area contributed by atoms with Gasteiger partial charge in [0.1, 0.15) is 9.88 Å². The van der Waals surface area contributed by atoms with Crippen LogP contribution in [0.5, 0.6) is 0 Å². The molecular weight excluding hydrogens is 416 g/mol. The molecular formula is C22H30N4O4S. The number of methoxy groups -OCH3 is 2. The van der Waals surface area contributed by atoms with E-state index in [1.54, 1.807) is 36.4 Å². The average Bonchev–Trinajstić information content (AvgIpc) is 3.20. The summed E-state index contributed by atoms with van der Waals surface area (Å²) in [5, 5.41) is 0.781. The molecule has 1 fully saturated rings. The highest BCUT2D eigenvalue weighted by Crippen LogP contribution is 2.29. The lowest BCUT2D eigenvalue weighted by Crippen LogP contribution is -2.48. The molecule has 1 unspecified atom stereocenters. The maximum Gasteiger partial charge on any atom is 0.265 e. The fourth-order valence-corrected chi connectivity index (χ4v) is 4.73. The monoisotopic (exact) mass is 446 g/mol. The summed E-state index contributed by atoms with van der Waals surface area (Å²) >= 11 is 1.38. The second kappa shape index (κ2) is 11.3. The van der Waals surface area contributed by atoms with E-state index in [4.69, 9.17) is 9.47 Å². The third-order valence-corrected chi connectivity index (χ3v) is 6.59. The summed E-state index contributed by atoms with van der Waals surface area (Å²) in [5.41, 5.74) is 1.61. The van der Waals surface area contributed by atoms with Gasteiger partial charge < -0.3 is 19.3 Å². The van der Waals surface area contributed by atoms with Crippen molar-refractivity contribution in [2.75, 3.05) is 53.6 Å². The van der Waals surface area contributed by atoms with Gasteiger partial charge in [-0.1, -0.05) is 0 Å². The Kier molecular flexibility index (Phi) is 8.51. The Morgan fingerprint density at radius 2 is 2.00 bits per heavy atom. The highest BCUT2D eigenvalue weighted by atomic mass is 32.1. The van der Waals surface area contributed by atoms with E-state index >= 15 is 0 Å². The van der Waals surface area contributed by atoms with Gasteiger partial charge in [-0.15, -0.1) is 11.3 Å². The number of pyridine rings is 1. The largest absolute Gasteiger partial charge is 0.383 e. The molecule has 3 rings (SSSR count). The van der Waals surface area contributed by atoms with Crippen LogP contribution in [0.4, 0.5) is 0 Å². The molecule has 168 valence electrons. The van der Waals surface area contributed by atoms with Gasteiger partial charge in [-0.25, -0.2) is 4.98 Å². The molecule has 1 aliphatic rings. The zero-order valence-electron chi connectivity index (χ0n) is 18.4. The lowest BCUT2D eigenvalue weighted by Gasteiger charge is -2.35. The van der Waals surface area contributed by atoms with E-state index in [0.29, 0.717) is 50.0 Å². The number of ether oxygens (including phenoxy) is 2. The summed E-state index contributed by atoms with van der Waals surface area (Å²) < 4.78 is 10.3. The van der Waals surface area contributed by atoms with Crippen molar-refractivity contribution in [1.82, 2.24) is 19.8 Å². The van der Waals surface area contributed by atoms with E-state index in [1.165, 1.54) is 11.3 Å². The molecule has 2 aromatic heterocycles. The molecule has 1 atom stereocenters. The summed E-state index contributed by atoms with van der Waals surface area (Å²) in [6.45, 7) is 4.92. The van der Waals surface area contributed by atoms with E-state index in [1.807, 2.05) is 19.1 Å². The summed E-state index contributed by atoms with van der Waals surface area (Å²) in [6.07, 6.45) is 5.04. The zero-order chi connectivity index (χ0) is 22.2. The maximum atomic E-state index is 13.3. The van der Waals surface area contributed by atoms with Gasteiger partial charge in [-0.05, 0) is 31.9 Å². The molecule has 2 aromatic rings. The van der Waals surface area contributed by atoms with Crippen molar-refractivity contribution >= 4 is 23.2 Å². The Labute approximate surface area is 187 Å². The fraction of sp³-hybridized carbons (Fsp3) is 0.545. The van der Waals surface area contributed by atoms with Crippen molar-refractivity contribution < 1.29 is 19.1 Å². The highest BCUT2D eigenvalue weighted by molar-refractivity contribution is 7.17. The van der Waals surface area contributed by atoms with Crippen molar-refractivity contribution in [3.63, 3.8) is 0 Å². The zero-order valence-corrected chi connectivity index (χ0v) is 19.2. The Balaban J connectivity index is 1.70. The Hall–Kier alpha value is -2.36. The molecule has 3 heterocycles. The molecule has 0 aromatic carbocycles. The molecule has 0 saturated carbocycles. The number of likely N-dealkylation sites (tertiary alicyclic amines) is 1. The Morgan fingerprint density at radius 3 is 2.65 bits per heavy atom. The summed E-state index contributed by atoms with van der Waals surface area (Å²) in [4.78, 5) is 39.3. The van der Waals surface area contributed by atoms with Crippen molar-refractivity contribution in [3.05, 3.63) is 35.1 Å². The summed E-state index contributed by atoms with van der Waals surface area (Å²) in [5.74, 6) is -0.205. The quantitative estimate of drug-likeness (QED) is 0.588. The number of piperidine rings is 1. The summed E-state index contributed by atoms with van der Waals surface area (Å²) in [6, 6.07) is 3.79. The second-order valence-corrected chi connectivity index (χ2v) is 8.58. The summed E-state index contributed by atoms with van der Waals surface area (Å²) in [7, 11) is 3.24. The third kappa shape index (κ3) is 5.87. The van der Waals surface area contributed by atoms with Gasteiger partial charge in [-0.3, -0.25) is 14.6 Å². The van der Waals surface area contributed by atoms with Crippen LogP contribution in [0.25, 0.3) is 10.6 Å². The molecule has 0 spiro atoms. The maximum absolute atomic E-state index is 13.3. The highest BCUT2D eigenvalue weighted by Gasteiger charge is 2.32. The first-order valence-electron chi connectivity index (χ1n) is 10.5. The van der Waals surface area contributed by atoms with Crippen LogP contribution in [0.1, 0.15) is 28.2 Å². The molecule has 2 amide bonds.